The predicted octanol–water partition coefficient (Wildman–Crippen LogP) is 2.85. The number of thioether (sulfide) groups is 1. The van der Waals surface area contributed by atoms with Crippen molar-refractivity contribution < 1.29 is 13.9 Å². The third kappa shape index (κ3) is 4.66. The Labute approximate surface area is 149 Å². The summed E-state index contributed by atoms with van der Waals surface area (Å²) >= 11 is 1.46. The molecule has 0 saturated heterocycles. The molecule has 1 saturated carbocycles. The zero-order valence-corrected chi connectivity index (χ0v) is 14.6. The first-order valence-corrected chi connectivity index (χ1v) is 9.32. The van der Waals surface area contributed by atoms with Gasteiger partial charge in [-0.15, -0.1) is 11.8 Å². The highest BCUT2D eigenvalue weighted by Gasteiger charge is 2.25. The van der Waals surface area contributed by atoms with Crippen LogP contribution in [0.3, 0.4) is 0 Å². The number of hydrogen-bond donors (Lipinski definition) is 1. The van der Waals surface area contributed by atoms with E-state index in [4.69, 9.17) is 4.74 Å². The van der Waals surface area contributed by atoms with Crippen molar-refractivity contribution in [3.05, 3.63) is 42.1 Å². The maximum Gasteiger partial charge on any atom is 0.316 e. The molecule has 1 fully saturated rings. The summed E-state index contributed by atoms with van der Waals surface area (Å²) in [6.45, 7) is 0. The van der Waals surface area contributed by atoms with Gasteiger partial charge in [0.15, 0.2) is 5.82 Å². The maximum absolute atomic E-state index is 12.8. The van der Waals surface area contributed by atoms with Gasteiger partial charge in [0.05, 0.1) is 18.0 Å². The Balaban J connectivity index is 1.50. The molecule has 0 radical (unpaired) electrons. The lowest BCUT2D eigenvalue weighted by atomic mass is 9.93. The molecule has 6 nitrogen and oxygen atoms in total. The third-order valence-corrected chi connectivity index (χ3v) is 4.80. The Morgan fingerprint density at radius 1 is 1.24 bits per heavy atom. The zero-order valence-electron chi connectivity index (χ0n) is 13.8. The van der Waals surface area contributed by atoms with Crippen LogP contribution >= 0.6 is 11.8 Å². The second-order valence-corrected chi connectivity index (χ2v) is 6.60. The Morgan fingerprint density at radius 2 is 1.96 bits per heavy atom. The van der Waals surface area contributed by atoms with Gasteiger partial charge in [0.1, 0.15) is 11.1 Å². The summed E-state index contributed by atoms with van der Waals surface area (Å²) in [4.78, 5) is 24.3. The second-order valence-electron chi connectivity index (χ2n) is 5.81. The number of nitrogens with zero attached hydrogens (tertiary/aromatic N) is 3. The summed E-state index contributed by atoms with van der Waals surface area (Å²) in [6, 6.07) is 3.85. The minimum Gasteiger partial charge on any atom is -0.460 e. The van der Waals surface area contributed by atoms with Crippen LogP contribution in [0.5, 0.6) is 6.01 Å². The van der Waals surface area contributed by atoms with E-state index in [-0.39, 0.29) is 24.1 Å². The second kappa shape index (κ2) is 8.24. The third-order valence-electron chi connectivity index (χ3n) is 4.09. The van der Waals surface area contributed by atoms with Crippen molar-refractivity contribution in [3.63, 3.8) is 0 Å². The van der Waals surface area contributed by atoms with E-state index in [1.165, 1.54) is 11.8 Å². The molecule has 1 aliphatic rings. The van der Waals surface area contributed by atoms with Gasteiger partial charge in [0.2, 0.25) is 0 Å². The molecule has 0 bridgehead atoms. The van der Waals surface area contributed by atoms with Crippen molar-refractivity contribution in [2.24, 2.45) is 0 Å². The fourth-order valence-corrected chi connectivity index (χ4v) is 3.37. The zero-order chi connectivity index (χ0) is 17.6. The Hall–Kier alpha value is -2.22. The molecule has 0 aliphatic heterocycles. The molecule has 2 heterocycles. The van der Waals surface area contributed by atoms with Gasteiger partial charge in [-0.2, -0.15) is 0 Å². The van der Waals surface area contributed by atoms with E-state index in [1.54, 1.807) is 18.3 Å². The van der Waals surface area contributed by atoms with Crippen molar-refractivity contribution in [2.45, 2.75) is 42.9 Å². The number of nitrogens with one attached hydrogen (secondary N) is 1. The van der Waals surface area contributed by atoms with Crippen LogP contribution in [0.2, 0.25) is 0 Å². The largest absolute Gasteiger partial charge is 0.460 e. The van der Waals surface area contributed by atoms with Gasteiger partial charge in [-0.1, -0.05) is 0 Å². The van der Waals surface area contributed by atoms with Crippen LogP contribution in [0, 0.1) is 5.82 Å². The first-order valence-electron chi connectivity index (χ1n) is 8.10. The molecule has 3 rings (SSSR count). The van der Waals surface area contributed by atoms with Crippen LogP contribution in [0.15, 0.2) is 35.7 Å². The summed E-state index contributed by atoms with van der Waals surface area (Å²) in [6.07, 6.45) is 8.94. The number of aromatic nitrogens is 3. The highest BCUT2D eigenvalue weighted by molar-refractivity contribution is 7.98. The Bertz CT molecular complexity index is 721. The summed E-state index contributed by atoms with van der Waals surface area (Å²) in [5, 5.41) is 3.80. The van der Waals surface area contributed by atoms with Crippen molar-refractivity contribution in [2.75, 3.05) is 6.26 Å². The van der Waals surface area contributed by atoms with Crippen molar-refractivity contribution in [1.82, 2.24) is 20.3 Å². The summed E-state index contributed by atoms with van der Waals surface area (Å²) in [5.41, 5.74) is 0.605. The van der Waals surface area contributed by atoms with Gasteiger partial charge in [-0.25, -0.2) is 19.3 Å². The van der Waals surface area contributed by atoms with E-state index in [9.17, 15) is 9.18 Å². The molecular formula is C17H19FN4O2S. The van der Waals surface area contributed by atoms with E-state index in [1.807, 2.05) is 6.26 Å². The van der Waals surface area contributed by atoms with E-state index in [0.717, 1.165) is 43.1 Å². The molecule has 1 N–H and O–H groups in total. The average Bonchev–Trinajstić information content (AvgIpc) is 2.65. The standard InChI is InChI=1S/C17H19FN4O2S/c1-25-16-14(3-2-8-19-16)15(23)22-12-4-6-13(7-5-12)24-17-20-9-11(18)10-21-17/h2-3,8-10,12-13H,4-7H2,1H3,(H,22,23). The molecule has 0 spiro atoms. The first kappa shape index (κ1) is 17.6. The molecule has 2 aromatic heterocycles. The number of hydrogen-bond acceptors (Lipinski definition) is 6. The fraction of sp³-hybridized carbons (Fsp3) is 0.412. The Morgan fingerprint density at radius 3 is 2.64 bits per heavy atom. The summed E-state index contributed by atoms with van der Waals surface area (Å²) in [7, 11) is 0. The lowest BCUT2D eigenvalue weighted by molar-refractivity contribution is 0.0881. The number of halogens is 1. The molecule has 25 heavy (non-hydrogen) atoms. The first-order chi connectivity index (χ1) is 12.2. The summed E-state index contributed by atoms with van der Waals surface area (Å²) in [5.74, 6) is -0.581. The quantitative estimate of drug-likeness (QED) is 0.824. The molecule has 0 aromatic carbocycles. The number of carbonyl (C=O) groups excluding carboxylic acids is 1. The van der Waals surface area contributed by atoms with Crippen LogP contribution in [0.25, 0.3) is 0 Å². The highest BCUT2D eigenvalue weighted by Crippen LogP contribution is 2.23. The molecule has 8 heteroatoms. The number of rotatable bonds is 5. The lowest BCUT2D eigenvalue weighted by Crippen LogP contribution is -2.40. The van der Waals surface area contributed by atoms with Crippen molar-refractivity contribution >= 4 is 17.7 Å². The average molecular weight is 362 g/mol. The predicted molar refractivity (Wildman–Crippen MR) is 92.1 cm³/mol. The van der Waals surface area contributed by atoms with Gasteiger partial charge in [0, 0.05) is 12.2 Å². The molecule has 2 aromatic rings. The van der Waals surface area contributed by atoms with Crippen molar-refractivity contribution in [3.8, 4) is 6.01 Å². The van der Waals surface area contributed by atoms with Crippen LogP contribution < -0.4 is 10.1 Å². The van der Waals surface area contributed by atoms with Gasteiger partial charge in [-0.05, 0) is 44.1 Å². The fourth-order valence-electron chi connectivity index (χ4n) is 2.82. The topological polar surface area (TPSA) is 77.0 Å². The molecule has 0 unspecified atom stereocenters. The van der Waals surface area contributed by atoms with Gasteiger partial charge < -0.3 is 10.1 Å². The molecule has 1 amide bonds. The molecular weight excluding hydrogens is 343 g/mol. The number of ether oxygens (including phenoxy) is 1. The lowest BCUT2D eigenvalue weighted by Gasteiger charge is -2.29. The SMILES string of the molecule is CSc1ncccc1C(=O)NC1CCC(Oc2ncc(F)cn2)CC1. The van der Waals surface area contributed by atoms with Crippen LogP contribution in [-0.4, -0.2) is 39.3 Å². The highest BCUT2D eigenvalue weighted by atomic mass is 32.2. The maximum atomic E-state index is 12.8. The minimum absolute atomic E-state index is 0.0150. The van der Waals surface area contributed by atoms with Crippen LogP contribution in [-0.2, 0) is 0 Å². The molecule has 0 atom stereocenters. The van der Waals surface area contributed by atoms with Gasteiger partial charge in [0.25, 0.3) is 5.91 Å². The minimum atomic E-state index is -0.487. The van der Waals surface area contributed by atoms with E-state index < -0.39 is 5.82 Å². The normalized spacial score (nSPS) is 20.1. The number of pyridine rings is 1. The van der Waals surface area contributed by atoms with Crippen LogP contribution in [0.4, 0.5) is 4.39 Å². The van der Waals surface area contributed by atoms with Gasteiger partial charge >= 0.3 is 6.01 Å². The van der Waals surface area contributed by atoms with E-state index in [2.05, 4.69) is 20.3 Å². The monoisotopic (exact) mass is 362 g/mol. The van der Waals surface area contributed by atoms with Gasteiger partial charge in [-0.3, -0.25) is 4.79 Å². The Kier molecular flexibility index (Phi) is 5.80. The number of carbonyl (C=O) groups is 1. The van der Waals surface area contributed by atoms with E-state index >= 15 is 0 Å². The molecule has 132 valence electrons. The van der Waals surface area contributed by atoms with Crippen molar-refractivity contribution in [1.29, 1.82) is 0 Å². The number of amides is 1. The van der Waals surface area contributed by atoms with Crippen LogP contribution in [0.1, 0.15) is 36.0 Å². The molecule has 1 aliphatic carbocycles. The smallest absolute Gasteiger partial charge is 0.316 e. The van der Waals surface area contributed by atoms with E-state index in [0.29, 0.717) is 5.56 Å². The summed E-state index contributed by atoms with van der Waals surface area (Å²) < 4.78 is 18.5.